The van der Waals surface area contributed by atoms with E-state index in [-0.39, 0.29) is 17.7 Å². The molecule has 2 aromatic heterocycles. The van der Waals surface area contributed by atoms with Crippen molar-refractivity contribution in [1.29, 1.82) is 0 Å². The van der Waals surface area contributed by atoms with Gasteiger partial charge in [-0.3, -0.25) is 9.89 Å². The minimum atomic E-state index is -0.322. The molecule has 25 heavy (non-hydrogen) atoms. The smallest absolute Gasteiger partial charge is 0.275 e. The Morgan fingerprint density at radius 3 is 2.80 bits per heavy atom. The van der Waals surface area contributed by atoms with E-state index in [1.807, 2.05) is 6.07 Å². The number of carbonyl (C=O) groups excluding carboxylic acids is 1. The number of benzene rings is 1. The molecule has 128 valence electrons. The van der Waals surface area contributed by atoms with Gasteiger partial charge in [-0.2, -0.15) is 5.10 Å². The van der Waals surface area contributed by atoms with E-state index in [1.54, 1.807) is 48.6 Å². The first-order valence-corrected chi connectivity index (χ1v) is 7.91. The van der Waals surface area contributed by atoms with Crippen LogP contribution in [-0.2, 0) is 4.74 Å². The first-order valence-electron chi connectivity index (χ1n) is 7.91. The van der Waals surface area contributed by atoms with Crippen molar-refractivity contribution in [3.8, 4) is 17.2 Å². The topological polar surface area (TPSA) is 91.6 Å². The van der Waals surface area contributed by atoms with Gasteiger partial charge in [-0.25, -0.2) is 0 Å². The molecule has 7 nitrogen and oxygen atoms in total. The van der Waals surface area contributed by atoms with Crippen LogP contribution in [-0.4, -0.2) is 46.4 Å². The summed E-state index contributed by atoms with van der Waals surface area (Å²) in [5.74, 6) is 0.647. The molecule has 0 bridgehead atoms. The molecule has 0 spiro atoms. The van der Waals surface area contributed by atoms with E-state index in [2.05, 4.69) is 10.2 Å². The number of nitrogens with one attached hydrogen (secondary N) is 1. The van der Waals surface area contributed by atoms with E-state index >= 15 is 0 Å². The van der Waals surface area contributed by atoms with Crippen LogP contribution in [0, 0.1) is 0 Å². The van der Waals surface area contributed by atoms with Gasteiger partial charge in [-0.1, -0.05) is 12.1 Å². The van der Waals surface area contributed by atoms with Gasteiger partial charge in [0.15, 0.2) is 11.5 Å². The number of rotatable bonds is 5. The highest BCUT2D eigenvalue weighted by molar-refractivity contribution is 5.99. The minimum Gasteiger partial charge on any atom is -0.508 e. The lowest BCUT2D eigenvalue weighted by molar-refractivity contribution is 0.0677. The molecule has 3 heterocycles. The van der Waals surface area contributed by atoms with Crippen molar-refractivity contribution in [3.05, 3.63) is 59.5 Å². The number of aromatic nitrogens is 2. The van der Waals surface area contributed by atoms with Crippen molar-refractivity contribution in [3.63, 3.8) is 0 Å². The van der Waals surface area contributed by atoms with Crippen LogP contribution in [0.1, 0.15) is 27.7 Å². The van der Waals surface area contributed by atoms with E-state index < -0.39 is 0 Å². The second-order valence-corrected chi connectivity index (χ2v) is 5.82. The Balaban J connectivity index is 1.85. The lowest BCUT2D eigenvalue weighted by Gasteiger charge is -2.26. The molecule has 7 heteroatoms. The fourth-order valence-corrected chi connectivity index (χ4v) is 3.22. The summed E-state index contributed by atoms with van der Waals surface area (Å²) in [6.45, 7) is 0.860. The molecule has 0 saturated heterocycles. The highest BCUT2D eigenvalue weighted by Crippen LogP contribution is 2.42. The Kier molecular flexibility index (Phi) is 3.77. The summed E-state index contributed by atoms with van der Waals surface area (Å²) in [5.41, 5.74) is 2.74. The van der Waals surface area contributed by atoms with Crippen LogP contribution in [0.5, 0.6) is 5.75 Å². The van der Waals surface area contributed by atoms with Gasteiger partial charge in [0.2, 0.25) is 0 Å². The standard InChI is InChI=1S/C18H17N3O4/c1-24-10-8-21-17(11-4-6-12(22)7-5-11)14-15(13-3-2-9-25-13)19-20-16(14)18(21)23/h2-7,9,17,22H,8,10H2,1H3,(H,19,20)/t17-/m0/s1. The predicted molar refractivity (Wildman–Crippen MR) is 89.2 cm³/mol. The second-order valence-electron chi connectivity index (χ2n) is 5.82. The second kappa shape index (κ2) is 6.10. The molecular formula is C18H17N3O4. The highest BCUT2D eigenvalue weighted by atomic mass is 16.5. The van der Waals surface area contributed by atoms with Crippen LogP contribution in [0.4, 0.5) is 0 Å². The molecule has 3 aromatic rings. The van der Waals surface area contributed by atoms with Gasteiger partial charge in [0.05, 0.1) is 18.9 Å². The number of H-pyrrole nitrogens is 1. The summed E-state index contributed by atoms with van der Waals surface area (Å²) >= 11 is 0. The van der Waals surface area contributed by atoms with Gasteiger partial charge in [-0.05, 0) is 29.8 Å². The maximum Gasteiger partial charge on any atom is 0.275 e. The van der Waals surface area contributed by atoms with E-state index in [0.29, 0.717) is 30.3 Å². The molecule has 1 aromatic carbocycles. The summed E-state index contributed by atoms with van der Waals surface area (Å²) in [6.07, 6.45) is 1.58. The summed E-state index contributed by atoms with van der Waals surface area (Å²) in [7, 11) is 1.60. The van der Waals surface area contributed by atoms with Crippen molar-refractivity contribution in [2.75, 3.05) is 20.3 Å². The quantitative estimate of drug-likeness (QED) is 0.745. The van der Waals surface area contributed by atoms with Crippen molar-refractivity contribution < 1.29 is 19.1 Å². The lowest BCUT2D eigenvalue weighted by atomic mass is 9.98. The van der Waals surface area contributed by atoms with Crippen molar-refractivity contribution in [2.45, 2.75) is 6.04 Å². The molecule has 2 N–H and O–H groups in total. The predicted octanol–water partition coefficient (Wildman–Crippen LogP) is 2.57. The zero-order chi connectivity index (χ0) is 17.4. The maximum absolute atomic E-state index is 12.8. The summed E-state index contributed by atoms with van der Waals surface area (Å²) in [5, 5.41) is 16.7. The third-order valence-electron chi connectivity index (χ3n) is 4.37. The summed E-state index contributed by atoms with van der Waals surface area (Å²) in [6, 6.07) is 10.1. The number of hydrogen-bond donors (Lipinski definition) is 2. The number of aromatic hydroxyl groups is 1. The van der Waals surface area contributed by atoms with Crippen molar-refractivity contribution in [2.24, 2.45) is 0 Å². The Labute approximate surface area is 143 Å². The number of aromatic amines is 1. The molecule has 0 unspecified atom stereocenters. The monoisotopic (exact) mass is 339 g/mol. The zero-order valence-corrected chi connectivity index (χ0v) is 13.6. The number of nitrogens with zero attached hydrogens (tertiary/aromatic N) is 2. The Bertz CT molecular complexity index is 884. The minimum absolute atomic E-state index is 0.154. The number of fused-ring (bicyclic) bond motifs is 1. The fraction of sp³-hybridized carbons (Fsp3) is 0.222. The van der Waals surface area contributed by atoms with Gasteiger partial charge in [0.1, 0.15) is 11.4 Å². The number of hydrogen-bond acceptors (Lipinski definition) is 5. The van der Waals surface area contributed by atoms with E-state index in [0.717, 1.165) is 11.1 Å². The average Bonchev–Trinajstić information content (AvgIpc) is 3.32. The number of carbonyl (C=O) groups is 1. The number of amides is 1. The van der Waals surface area contributed by atoms with Gasteiger partial charge in [0.25, 0.3) is 5.91 Å². The molecule has 0 radical (unpaired) electrons. The van der Waals surface area contributed by atoms with E-state index in [1.165, 1.54) is 0 Å². The van der Waals surface area contributed by atoms with Crippen LogP contribution in [0.15, 0.2) is 47.1 Å². The molecule has 4 rings (SSSR count). The Morgan fingerprint density at radius 1 is 1.32 bits per heavy atom. The van der Waals surface area contributed by atoms with Crippen LogP contribution in [0.25, 0.3) is 11.5 Å². The van der Waals surface area contributed by atoms with Gasteiger partial charge < -0.3 is 19.2 Å². The normalized spacial score (nSPS) is 16.4. The fourth-order valence-electron chi connectivity index (χ4n) is 3.22. The molecule has 1 amide bonds. The number of methoxy groups -OCH3 is 1. The van der Waals surface area contributed by atoms with Crippen LogP contribution in [0.3, 0.4) is 0 Å². The molecular weight excluding hydrogens is 322 g/mol. The SMILES string of the molecule is COCCN1C(=O)c2n[nH]c(-c3ccco3)c2[C@@H]1c1ccc(O)cc1. The summed E-state index contributed by atoms with van der Waals surface area (Å²) in [4.78, 5) is 14.6. The highest BCUT2D eigenvalue weighted by Gasteiger charge is 2.42. The Morgan fingerprint density at radius 2 is 2.12 bits per heavy atom. The molecule has 0 saturated carbocycles. The van der Waals surface area contributed by atoms with Crippen molar-refractivity contribution >= 4 is 5.91 Å². The summed E-state index contributed by atoms with van der Waals surface area (Å²) < 4.78 is 10.6. The molecule has 1 atom stereocenters. The van der Waals surface area contributed by atoms with E-state index in [9.17, 15) is 9.90 Å². The molecule has 0 fully saturated rings. The largest absolute Gasteiger partial charge is 0.508 e. The van der Waals surface area contributed by atoms with E-state index in [4.69, 9.17) is 9.15 Å². The number of furan rings is 1. The first kappa shape index (κ1) is 15.5. The molecule has 0 aliphatic carbocycles. The number of phenols is 1. The Hall–Kier alpha value is -3.06. The maximum atomic E-state index is 12.8. The molecule has 1 aliphatic rings. The molecule has 1 aliphatic heterocycles. The van der Waals surface area contributed by atoms with Crippen LogP contribution >= 0.6 is 0 Å². The number of phenolic OH excluding ortho intramolecular Hbond substituents is 1. The van der Waals surface area contributed by atoms with Crippen LogP contribution in [0.2, 0.25) is 0 Å². The third kappa shape index (κ3) is 2.49. The van der Waals surface area contributed by atoms with Crippen molar-refractivity contribution in [1.82, 2.24) is 15.1 Å². The van der Waals surface area contributed by atoms with Gasteiger partial charge in [0, 0.05) is 19.2 Å². The van der Waals surface area contributed by atoms with Gasteiger partial charge in [-0.15, -0.1) is 0 Å². The third-order valence-corrected chi connectivity index (χ3v) is 4.37. The van der Waals surface area contributed by atoms with Gasteiger partial charge >= 0.3 is 0 Å². The number of ether oxygens (including phenoxy) is 1. The lowest BCUT2D eigenvalue weighted by Crippen LogP contribution is -2.32. The van der Waals surface area contributed by atoms with Crippen LogP contribution < -0.4 is 0 Å². The average molecular weight is 339 g/mol. The zero-order valence-electron chi connectivity index (χ0n) is 13.6. The first-order chi connectivity index (χ1) is 12.2.